The van der Waals surface area contributed by atoms with Gasteiger partial charge in [0, 0.05) is 6.08 Å². The van der Waals surface area contributed by atoms with Gasteiger partial charge in [0.2, 0.25) is 0 Å². The second kappa shape index (κ2) is 7.22. The Hall–Kier alpha value is -2.11. The fourth-order valence-corrected chi connectivity index (χ4v) is 0.645. The van der Waals surface area contributed by atoms with Crippen LogP contribution in [0.3, 0.4) is 0 Å². The highest BCUT2D eigenvalue weighted by Gasteiger charge is 2.19. The molecule has 0 aliphatic carbocycles. The van der Waals surface area contributed by atoms with Crippen LogP contribution in [0.25, 0.3) is 0 Å². The summed E-state index contributed by atoms with van der Waals surface area (Å²) in [7, 11) is 0. The van der Waals surface area contributed by atoms with Crippen LogP contribution in [0.15, 0.2) is 25.5 Å². The molecule has 0 aliphatic heterocycles. The number of carbonyl (C=O) groups is 3. The molecule has 0 saturated carbocycles. The van der Waals surface area contributed by atoms with E-state index in [4.69, 9.17) is 0 Å². The normalized spacial score (nSPS) is 10.8. The molecule has 0 bridgehead atoms. The molecule has 0 aromatic heterocycles. The fourth-order valence-electron chi connectivity index (χ4n) is 0.645. The smallest absolute Gasteiger partial charge is 0.349 e. The molecule has 0 spiro atoms. The SMILES string of the molecule is C=COC(=O)COC(=O)C(C)OC(=O)C=C. The lowest BCUT2D eigenvalue weighted by Crippen LogP contribution is -2.27. The molecule has 0 aliphatic rings. The molecule has 0 aromatic rings. The lowest BCUT2D eigenvalue weighted by molar-refractivity contribution is -0.167. The Morgan fingerprint density at radius 2 is 1.94 bits per heavy atom. The summed E-state index contributed by atoms with van der Waals surface area (Å²) in [5.41, 5.74) is 0. The molecule has 0 N–H and O–H groups in total. The highest BCUT2D eigenvalue weighted by molar-refractivity contribution is 5.85. The minimum Gasteiger partial charge on any atom is -0.451 e. The first-order valence-corrected chi connectivity index (χ1v) is 4.31. The minimum absolute atomic E-state index is 0.569. The van der Waals surface area contributed by atoms with E-state index in [2.05, 4.69) is 27.4 Å². The van der Waals surface area contributed by atoms with Crippen molar-refractivity contribution in [3.8, 4) is 0 Å². The van der Waals surface area contributed by atoms with E-state index in [1.54, 1.807) is 0 Å². The maximum Gasteiger partial charge on any atom is 0.349 e. The first kappa shape index (κ1) is 13.9. The van der Waals surface area contributed by atoms with Crippen LogP contribution < -0.4 is 0 Å². The highest BCUT2D eigenvalue weighted by Crippen LogP contribution is 1.96. The monoisotopic (exact) mass is 228 g/mol. The van der Waals surface area contributed by atoms with E-state index in [9.17, 15) is 14.4 Å². The van der Waals surface area contributed by atoms with Crippen LogP contribution in [-0.2, 0) is 28.6 Å². The van der Waals surface area contributed by atoms with E-state index in [0.29, 0.717) is 0 Å². The number of ether oxygens (including phenoxy) is 3. The van der Waals surface area contributed by atoms with E-state index in [-0.39, 0.29) is 0 Å². The zero-order valence-corrected chi connectivity index (χ0v) is 8.80. The first-order chi connectivity index (χ1) is 7.51. The van der Waals surface area contributed by atoms with Crippen LogP contribution in [0.2, 0.25) is 0 Å². The van der Waals surface area contributed by atoms with Crippen LogP contribution in [0.1, 0.15) is 6.92 Å². The Morgan fingerprint density at radius 3 is 2.44 bits per heavy atom. The van der Waals surface area contributed by atoms with Gasteiger partial charge in [0.25, 0.3) is 0 Å². The molecule has 0 rings (SSSR count). The number of carbonyl (C=O) groups excluding carboxylic acids is 3. The van der Waals surface area contributed by atoms with Gasteiger partial charge in [-0.15, -0.1) is 0 Å². The Kier molecular flexibility index (Phi) is 6.27. The average Bonchev–Trinajstić information content (AvgIpc) is 2.25. The highest BCUT2D eigenvalue weighted by atomic mass is 16.6. The number of esters is 3. The van der Waals surface area contributed by atoms with Gasteiger partial charge in [-0.1, -0.05) is 13.2 Å². The fraction of sp³-hybridized carbons (Fsp3) is 0.300. The molecular weight excluding hydrogens is 216 g/mol. The summed E-state index contributed by atoms with van der Waals surface area (Å²) in [5, 5.41) is 0. The van der Waals surface area contributed by atoms with Gasteiger partial charge in [0.1, 0.15) is 0 Å². The Labute approximate surface area is 92.5 Å². The van der Waals surface area contributed by atoms with Crippen molar-refractivity contribution in [2.24, 2.45) is 0 Å². The van der Waals surface area contributed by atoms with E-state index >= 15 is 0 Å². The Morgan fingerprint density at radius 1 is 1.31 bits per heavy atom. The largest absolute Gasteiger partial charge is 0.451 e. The predicted octanol–water partition coefficient (Wildman–Crippen LogP) is 0.334. The van der Waals surface area contributed by atoms with Gasteiger partial charge in [0.15, 0.2) is 12.7 Å². The topological polar surface area (TPSA) is 78.9 Å². The van der Waals surface area contributed by atoms with E-state index in [0.717, 1.165) is 12.3 Å². The lowest BCUT2D eigenvalue weighted by atomic mass is 10.4. The van der Waals surface area contributed by atoms with Gasteiger partial charge in [-0.05, 0) is 6.92 Å². The summed E-state index contributed by atoms with van der Waals surface area (Å²) < 4.78 is 13.3. The molecule has 0 saturated heterocycles. The third kappa shape index (κ3) is 5.58. The van der Waals surface area contributed by atoms with Crippen molar-refractivity contribution in [1.82, 2.24) is 0 Å². The molecule has 88 valence electrons. The number of rotatable bonds is 6. The summed E-state index contributed by atoms with van der Waals surface area (Å²) in [6.07, 6.45) is 0.717. The minimum atomic E-state index is -1.11. The summed E-state index contributed by atoms with van der Waals surface area (Å²) >= 11 is 0. The summed E-state index contributed by atoms with van der Waals surface area (Å²) in [5.74, 6) is -2.38. The summed E-state index contributed by atoms with van der Waals surface area (Å²) in [4.78, 5) is 32.6. The second-order valence-electron chi connectivity index (χ2n) is 2.55. The predicted molar refractivity (Wildman–Crippen MR) is 53.0 cm³/mol. The molecule has 0 aromatic carbocycles. The van der Waals surface area contributed by atoms with Crippen LogP contribution in [0, 0.1) is 0 Å². The Bertz CT molecular complexity index is 306. The molecule has 6 nitrogen and oxygen atoms in total. The van der Waals surface area contributed by atoms with E-state index < -0.39 is 30.6 Å². The van der Waals surface area contributed by atoms with Gasteiger partial charge in [-0.2, -0.15) is 0 Å². The van der Waals surface area contributed by atoms with E-state index in [1.165, 1.54) is 6.92 Å². The van der Waals surface area contributed by atoms with Crippen molar-refractivity contribution >= 4 is 17.9 Å². The second-order valence-corrected chi connectivity index (χ2v) is 2.55. The van der Waals surface area contributed by atoms with Gasteiger partial charge >= 0.3 is 17.9 Å². The molecule has 16 heavy (non-hydrogen) atoms. The van der Waals surface area contributed by atoms with Gasteiger partial charge in [0.05, 0.1) is 6.26 Å². The average molecular weight is 228 g/mol. The van der Waals surface area contributed by atoms with Crippen LogP contribution in [-0.4, -0.2) is 30.6 Å². The molecule has 1 atom stereocenters. The molecule has 0 fully saturated rings. The van der Waals surface area contributed by atoms with Gasteiger partial charge < -0.3 is 14.2 Å². The molecule has 1 unspecified atom stereocenters. The zero-order chi connectivity index (χ0) is 12.6. The van der Waals surface area contributed by atoms with Crippen LogP contribution in [0.4, 0.5) is 0 Å². The molecule has 0 radical (unpaired) electrons. The van der Waals surface area contributed by atoms with Crippen molar-refractivity contribution < 1.29 is 28.6 Å². The van der Waals surface area contributed by atoms with Crippen molar-refractivity contribution in [2.45, 2.75) is 13.0 Å². The molecular formula is C10H12O6. The molecule has 0 amide bonds. The maximum absolute atomic E-state index is 11.1. The maximum atomic E-state index is 11.1. The quantitative estimate of drug-likeness (QED) is 0.282. The molecule has 6 heteroatoms. The van der Waals surface area contributed by atoms with Crippen LogP contribution >= 0.6 is 0 Å². The number of hydrogen-bond donors (Lipinski definition) is 0. The summed E-state index contributed by atoms with van der Waals surface area (Å²) in [6.45, 7) is 7.05. The van der Waals surface area contributed by atoms with Crippen LogP contribution in [0.5, 0.6) is 0 Å². The van der Waals surface area contributed by atoms with Crippen molar-refractivity contribution in [1.29, 1.82) is 0 Å². The van der Waals surface area contributed by atoms with E-state index in [1.807, 2.05) is 0 Å². The van der Waals surface area contributed by atoms with Crippen molar-refractivity contribution in [3.63, 3.8) is 0 Å². The summed E-state index contributed by atoms with van der Waals surface area (Å²) in [6, 6.07) is 0. The van der Waals surface area contributed by atoms with Gasteiger partial charge in [-0.25, -0.2) is 14.4 Å². The Balaban J connectivity index is 3.96. The van der Waals surface area contributed by atoms with Crippen molar-refractivity contribution in [2.75, 3.05) is 6.61 Å². The lowest BCUT2D eigenvalue weighted by Gasteiger charge is -2.10. The molecule has 0 heterocycles. The standard InChI is InChI=1S/C10H12O6/c1-4-8(11)16-7(3)10(13)15-6-9(12)14-5-2/h4-5,7H,1-2,6H2,3H3. The number of hydrogen-bond acceptors (Lipinski definition) is 6. The van der Waals surface area contributed by atoms with Crippen molar-refractivity contribution in [3.05, 3.63) is 25.5 Å². The van der Waals surface area contributed by atoms with Gasteiger partial charge in [-0.3, -0.25) is 0 Å². The zero-order valence-electron chi connectivity index (χ0n) is 8.80. The third-order valence-corrected chi connectivity index (χ3v) is 1.34. The third-order valence-electron chi connectivity index (χ3n) is 1.34. The first-order valence-electron chi connectivity index (χ1n) is 4.31.